The number of aliphatic hydroxyl groups excluding tert-OH is 1. The second kappa shape index (κ2) is 5.93. The summed E-state index contributed by atoms with van der Waals surface area (Å²) in [5.74, 6) is 0.753. The highest BCUT2D eigenvalue weighted by molar-refractivity contribution is 9.10. The van der Waals surface area contributed by atoms with Crippen LogP contribution in [0.4, 0.5) is 5.82 Å². The molecule has 2 rings (SSSR count). The van der Waals surface area contributed by atoms with Crippen molar-refractivity contribution in [1.29, 1.82) is 0 Å². The van der Waals surface area contributed by atoms with Crippen LogP contribution < -0.4 is 4.90 Å². The first-order chi connectivity index (χ1) is 8.70. The lowest BCUT2D eigenvalue weighted by Gasteiger charge is -2.15. The Morgan fingerprint density at radius 3 is 2.67 bits per heavy atom. The molecule has 0 amide bonds. The molecular formula is C13H14BrN3O. The third kappa shape index (κ3) is 3.05. The summed E-state index contributed by atoms with van der Waals surface area (Å²) < 4.78 is 1.02. The van der Waals surface area contributed by atoms with Crippen molar-refractivity contribution in [3.63, 3.8) is 0 Å². The van der Waals surface area contributed by atoms with E-state index in [1.807, 2.05) is 48.3 Å². The molecule has 0 aliphatic carbocycles. The standard InChI is InChI=1S/C13H14BrN3O/c1-17(7-8-18)13-6-5-12(15-16-13)10-3-2-4-11(14)9-10/h2-6,9,18H,7-8H2,1H3. The molecule has 0 fully saturated rings. The van der Waals surface area contributed by atoms with Gasteiger partial charge < -0.3 is 10.0 Å². The lowest BCUT2D eigenvalue weighted by molar-refractivity contribution is 0.303. The average molecular weight is 308 g/mol. The summed E-state index contributed by atoms with van der Waals surface area (Å²) in [5.41, 5.74) is 1.85. The number of halogens is 1. The summed E-state index contributed by atoms with van der Waals surface area (Å²) in [6.45, 7) is 0.649. The van der Waals surface area contributed by atoms with Gasteiger partial charge in [-0.05, 0) is 24.3 Å². The summed E-state index contributed by atoms with van der Waals surface area (Å²) in [5, 5.41) is 17.2. The Kier molecular flexibility index (Phi) is 4.28. The molecule has 0 aliphatic heterocycles. The molecule has 1 N–H and O–H groups in total. The molecule has 2 aromatic rings. The van der Waals surface area contributed by atoms with Crippen molar-refractivity contribution in [2.75, 3.05) is 25.1 Å². The first-order valence-electron chi connectivity index (χ1n) is 5.62. The number of nitrogens with zero attached hydrogens (tertiary/aromatic N) is 3. The van der Waals surface area contributed by atoms with Crippen LogP contribution in [0.25, 0.3) is 11.3 Å². The number of aromatic nitrogens is 2. The fourth-order valence-electron chi connectivity index (χ4n) is 1.60. The minimum absolute atomic E-state index is 0.103. The molecule has 0 saturated carbocycles. The maximum atomic E-state index is 8.87. The fraction of sp³-hybridized carbons (Fsp3) is 0.231. The predicted molar refractivity (Wildman–Crippen MR) is 75.5 cm³/mol. The highest BCUT2D eigenvalue weighted by Crippen LogP contribution is 2.21. The van der Waals surface area contributed by atoms with Gasteiger partial charge in [-0.25, -0.2) is 0 Å². The molecule has 94 valence electrons. The molecule has 0 spiro atoms. The molecule has 1 aromatic heterocycles. The lowest BCUT2D eigenvalue weighted by atomic mass is 10.1. The maximum Gasteiger partial charge on any atom is 0.151 e. The number of hydrogen-bond donors (Lipinski definition) is 1. The summed E-state index contributed by atoms with van der Waals surface area (Å²) >= 11 is 3.43. The Bertz CT molecular complexity index is 516. The average Bonchev–Trinajstić information content (AvgIpc) is 2.39. The molecule has 0 bridgehead atoms. The van der Waals surface area contributed by atoms with Crippen LogP contribution in [0.3, 0.4) is 0 Å². The minimum Gasteiger partial charge on any atom is -0.395 e. The Hall–Kier alpha value is -1.46. The molecule has 5 heteroatoms. The van der Waals surface area contributed by atoms with Crippen molar-refractivity contribution < 1.29 is 5.11 Å². The smallest absolute Gasteiger partial charge is 0.151 e. The van der Waals surface area contributed by atoms with Crippen molar-refractivity contribution in [2.45, 2.75) is 0 Å². The summed E-state index contributed by atoms with van der Waals surface area (Å²) in [7, 11) is 1.87. The van der Waals surface area contributed by atoms with Gasteiger partial charge in [0.15, 0.2) is 5.82 Å². The van der Waals surface area contributed by atoms with Gasteiger partial charge in [0.1, 0.15) is 0 Å². The number of aliphatic hydroxyl groups is 1. The first-order valence-corrected chi connectivity index (χ1v) is 6.41. The van der Waals surface area contributed by atoms with Crippen molar-refractivity contribution in [3.05, 3.63) is 40.9 Å². The van der Waals surface area contributed by atoms with Crippen LogP contribution in [0.2, 0.25) is 0 Å². The second-order valence-corrected chi connectivity index (χ2v) is 4.85. The number of anilines is 1. The topological polar surface area (TPSA) is 49.2 Å². The molecule has 1 aromatic carbocycles. The van der Waals surface area contributed by atoms with Gasteiger partial charge in [0.2, 0.25) is 0 Å². The van der Waals surface area contributed by atoms with Gasteiger partial charge in [-0.15, -0.1) is 10.2 Å². The van der Waals surface area contributed by atoms with E-state index in [0.29, 0.717) is 6.54 Å². The summed E-state index contributed by atoms with van der Waals surface area (Å²) in [6, 6.07) is 11.8. The SMILES string of the molecule is CN(CCO)c1ccc(-c2cccc(Br)c2)nn1. The van der Waals surface area contributed by atoms with E-state index in [1.54, 1.807) is 0 Å². The van der Waals surface area contributed by atoms with Gasteiger partial charge in [-0.2, -0.15) is 0 Å². The van der Waals surface area contributed by atoms with Crippen LogP contribution in [0.1, 0.15) is 0 Å². The monoisotopic (exact) mass is 307 g/mol. The van der Waals surface area contributed by atoms with E-state index < -0.39 is 0 Å². The molecule has 0 unspecified atom stereocenters. The first kappa shape index (κ1) is 13.0. The van der Waals surface area contributed by atoms with E-state index in [2.05, 4.69) is 26.1 Å². The summed E-state index contributed by atoms with van der Waals surface area (Å²) in [4.78, 5) is 1.86. The van der Waals surface area contributed by atoms with E-state index >= 15 is 0 Å². The van der Waals surface area contributed by atoms with Gasteiger partial charge in [0, 0.05) is 23.6 Å². The number of hydrogen-bond acceptors (Lipinski definition) is 4. The van der Waals surface area contributed by atoms with E-state index in [1.165, 1.54) is 0 Å². The largest absolute Gasteiger partial charge is 0.395 e. The molecule has 1 heterocycles. The highest BCUT2D eigenvalue weighted by Gasteiger charge is 2.04. The number of likely N-dealkylation sites (N-methyl/N-ethyl adjacent to an activating group) is 1. The number of benzene rings is 1. The molecule has 0 atom stereocenters. The Morgan fingerprint density at radius 2 is 2.06 bits per heavy atom. The molecular weight excluding hydrogens is 294 g/mol. The molecule has 0 aliphatic rings. The minimum atomic E-state index is 0.103. The zero-order valence-electron chi connectivity index (χ0n) is 10.0. The van der Waals surface area contributed by atoms with Crippen molar-refractivity contribution in [1.82, 2.24) is 10.2 Å². The molecule has 0 radical (unpaired) electrons. The van der Waals surface area contributed by atoms with Crippen LogP contribution in [-0.2, 0) is 0 Å². The zero-order valence-corrected chi connectivity index (χ0v) is 11.6. The van der Waals surface area contributed by atoms with Gasteiger partial charge in [0.25, 0.3) is 0 Å². The van der Waals surface area contributed by atoms with Gasteiger partial charge in [0.05, 0.1) is 12.3 Å². The molecule has 0 saturated heterocycles. The predicted octanol–water partition coefficient (Wildman–Crippen LogP) is 2.33. The Balaban J connectivity index is 2.22. The van der Waals surface area contributed by atoms with Gasteiger partial charge >= 0.3 is 0 Å². The van der Waals surface area contributed by atoms with Crippen LogP contribution in [0.15, 0.2) is 40.9 Å². The maximum absolute atomic E-state index is 8.87. The number of rotatable bonds is 4. The Morgan fingerprint density at radius 1 is 1.22 bits per heavy atom. The Labute approximate surface area is 114 Å². The van der Waals surface area contributed by atoms with Crippen LogP contribution in [0.5, 0.6) is 0 Å². The van der Waals surface area contributed by atoms with E-state index in [4.69, 9.17) is 5.11 Å². The van der Waals surface area contributed by atoms with Crippen LogP contribution >= 0.6 is 15.9 Å². The van der Waals surface area contributed by atoms with E-state index in [0.717, 1.165) is 21.5 Å². The van der Waals surface area contributed by atoms with Crippen LogP contribution in [-0.4, -0.2) is 35.5 Å². The molecule has 18 heavy (non-hydrogen) atoms. The van der Waals surface area contributed by atoms with E-state index in [-0.39, 0.29) is 6.61 Å². The lowest BCUT2D eigenvalue weighted by Crippen LogP contribution is -2.22. The van der Waals surface area contributed by atoms with Crippen molar-refractivity contribution >= 4 is 21.7 Å². The van der Waals surface area contributed by atoms with Gasteiger partial charge in [-0.3, -0.25) is 0 Å². The third-order valence-corrected chi connectivity index (χ3v) is 3.09. The highest BCUT2D eigenvalue weighted by atomic mass is 79.9. The van der Waals surface area contributed by atoms with Gasteiger partial charge in [-0.1, -0.05) is 28.1 Å². The van der Waals surface area contributed by atoms with E-state index in [9.17, 15) is 0 Å². The van der Waals surface area contributed by atoms with Crippen LogP contribution in [0, 0.1) is 0 Å². The summed E-state index contributed by atoms with van der Waals surface area (Å²) in [6.07, 6.45) is 0. The quantitative estimate of drug-likeness (QED) is 0.942. The second-order valence-electron chi connectivity index (χ2n) is 3.93. The normalized spacial score (nSPS) is 10.4. The van der Waals surface area contributed by atoms with Crippen molar-refractivity contribution in [3.8, 4) is 11.3 Å². The van der Waals surface area contributed by atoms with Crippen molar-refractivity contribution in [2.24, 2.45) is 0 Å². The zero-order chi connectivity index (χ0) is 13.0. The fourth-order valence-corrected chi connectivity index (χ4v) is 1.99. The third-order valence-electron chi connectivity index (χ3n) is 2.60. The molecule has 4 nitrogen and oxygen atoms in total.